The van der Waals surface area contributed by atoms with Crippen molar-refractivity contribution in [3.8, 4) is 5.75 Å². The summed E-state index contributed by atoms with van der Waals surface area (Å²) in [7, 11) is 0. The molecule has 1 N–H and O–H groups in total. The molecule has 4 rings (SSSR count). The van der Waals surface area contributed by atoms with Crippen molar-refractivity contribution in [1.29, 1.82) is 0 Å². The monoisotopic (exact) mass is 377 g/mol. The van der Waals surface area contributed by atoms with E-state index in [1.807, 2.05) is 37.3 Å². The van der Waals surface area contributed by atoms with E-state index in [4.69, 9.17) is 4.74 Å². The molecular formula is C22H23N3O3. The normalized spacial score (nSPS) is 16.1. The second-order valence-electron chi connectivity index (χ2n) is 7.25. The number of benzene rings is 1. The van der Waals surface area contributed by atoms with Crippen LogP contribution in [0.3, 0.4) is 0 Å². The summed E-state index contributed by atoms with van der Waals surface area (Å²) in [5.41, 5.74) is 1.84. The van der Waals surface area contributed by atoms with E-state index in [0.717, 1.165) is 22.2 Å². The van der Waals surface area contributed by atoms with Crippen molar-refractivity contribution < 1.29 is 14.6 Å². The molecule has 0 saturated carbocycles. The first-order valence-corrected chi connectivity index (χ1v) is 9.44. The minimum Gasteiger partial charge on any atom is -0.482 e. The summed E-state index contributed by atoms with van der Waals surface area (Å²) >= 11 is 0. The number of aromatic nitrogens is 2. The van der Waals surface area contributed by atoms with Gasteiger partial charge in [0, 0.05) is 30.4 Å². The van der Waals surface area contributed by atoms with Crippen molar-refractivity contribution in [3.05, 3.63) is 66.1 Å². The molecule has 2 aromatic heterocycles. The number of fused-ring (bicyclic) bond motifs is 1. The average molecular weight is 377 g/mol. The summed E-state index contributed by atoms with van der Waals surface area (Å²) in [6.07, 6.45) is 4.23. The zero-order valence-electron chi connectivity index (χ0n) is 15.8. The lowest BCUT2D eigenvalue weighted by Crippen LogP contribution is -2.46. The summed E-state index contributed by atoms with van der Waals surface area (Å²) in [5.74, 6) is 0.494. The maximum absolute atomic E-state index is 12.4. The van der Waals surface area contributed by atoms with E-state index in [9.17, 15) is 9.90 Å². The molecule has 1 fully saturated rings. The van der Waals surface area contributed by atoms with Gasteiger partial charge in [0.15, 0.2) is 6.61 Å². The van der Waals surface area contributed by atoms with Gasteiger partial charge in [0.05, 0.1) is 17.3 Å². The molecule has 1 amide bonds. The van der Waals surface area contributed by atoms with Crippen molar-refractivity contribution in [2.24, 2.45) is 0 Å². The van der Waals surface area contributed by atoms with Gasteiger partial charge in [-0.25, -0.2) is 0 Å². The predicted octanol–water partition coefficient (Wildman–Crippen LogP) is 2.83. The highest BCUT2D eigenvalue weighted by atomic mass is 16.5. The molecule has 0 radical (unpaired) electrons. The standard InChI is InChI=1S/C22H23N3O3/c1-16-4-5-17-13-18(6-7-20(17)24-16)22(27)8-11-25(12-9-22)21(26)15-28-19-3-2-10-23-14-19/h2-7,10,13-14,27H,8-9,11-12,15H2,1H3. The summed E-state index contributed by atoms with van der Waals surface area (Å²) in [5, 5.41) is 12.2. The summed E-state index contributed by atoms with van der Waals surface area (Å²) in [6.45, 7) is 2.93. The van der Waals surface area contributed by atoms with Crippen molar-refractivity contribution in [3.63, 3.8) is 0 Å². The van der Waals surface area contributed by atoms with Crippen LogP contribution in [-0.2, 0) is 10.4 Å². The van der Waals surface area contributed by atoms with Crippen LogP contribution < -0.4 is 4.74 Å². The van der Waals surface area contributed by atoms with Crippen LogP contribution in [0.5, 0.6) is 5.75 Å². The highest BCUT2D eigenvalue weighted by Gasteiger charge is 2.35. The number of aliphatic hydroxyl groups is 1. The Morgan fingerprint density at radius 1 is 1.21 bits per heavy atom. The van der Waals surface area contributed by atoms with Crippen molar-refractivity contribution in [1.82, 2.24) is 14.9 Å². The molecule has 28 heavy (non-hydrogen) atoms. The van der Waals surface area contributed by atoms with E-state index >= 15 is 0 Å². The lowest BCUT2D eigenvalue weighted by atomic mass is 9.84. The first kappa shape index (κ1) is 18.4. The molecule has 1 aromatic carbocycles. The van der Waals surface area contributed by atoms with Crippen LogP contribution in [0.1, 0.15) is 24.1 Å². The molecule has 1 aliphatic rings. The number of amides is 1. The Bertz CT molecular complexity index is 983. The third-order valence-electron chi connectivity index (χ3n) is 5.31. The zero-order valence-corrected chi connectivity index (χ0v) is 15.8. The Morgan fingerprint density at radius 3 is 2.79 bits per heavy atom. The largest absolute Gasteiger partial charge is 0.482 e. The van der Waals surface area contributed by atoms with Crippen LogP contribution in [0.2, 0.25) is 0 Å². The molecule has 6 heteroatoms. The van der Waals surface area contributed by atoms with Gasteiger partial charge in [-0.05, 0) is 55.7 Å². The molecule has 3 heterocycles. The lowest BCUT2D eigenvalue weighted by Gasteiger charge is -2.38. The summed E-state index contributed by atoms with van der Waals surface area (Å²) < 4.78 is 5.49. The maximum atomic E-state index is 12.4. The molecular weight excluding hydrogens is 354 g/mol. The van der Waals surface area contributed by atoms with Gasteiger partial charge in [0.2, 0.25) is 0 Å². The number of hydrogen-bond donors (Lipinski definition) is 1. The minimum absolute atomic E-state index is 0.0227. The van der Waals surface area contributed by atoms with Gasteiger partial charge in [-0.1, -0.05) is 12.1 Å². The molecule has 6 nitrogen and oxygen atoms in total. The van der Waals surface area contributed by atoms with Gasteiger partial charge in [0.1, 0.15) is 5.75 Å². The quantitative estimate of drug-likeness (QED) is 0.757. The Balaban J connectivity index is 1.39. The van der Waals surface area contributed by atoms with Crippen LogP contribution in [0, 0.1) is 6.92 Å². The van der Waals surface area contributed by atoms with E-state index < -0.39 is 5.60 Å². The lowest BCUT2D eigenvalue weighted by molar-refractivity contribution is -0.137. The molecule has 0 spiro atoms. The third-order valence-corrected chi connectivity index (χ3v) is 5.31. The number of likely N-dealkylation sites (tertiary alicyclic amines) is 1. The second kappa shape index (κ2) is 7.56. The molecule has 1 aliphatic heterocycles. The van der Waals surface area contributed by atoms with E-state index in [1.54, 1.807) is 29.4 Å². The molecule has 0 bridgehead atoms. The number of pyridine rings is 2. The van der Waals surface area contributed by atoms with E-state index in [-0.39, 0.29) is 12.5 Å². The fraction of sp³-hybridized carbons (Fsp3) is 0.318. The third kappa shape index (κ3) is 3.82. The van der Waals surface area contributed by atoms with Crippen LogP contribution >= 0.6 is 0 Å². The number of ether oxygens (including phenoxy) is 1. The number of piperidine rings is 1. The van der Waals surface area contributed by atoms with Crippen LogP contribution in [-0.4, -0.2) is 45.6 Å². The zero-order chi connectivity index (χ0) is 19.6. The van der Waals surface area contributed by atoms with Gasteiger partial charge >= 0.3 is 0 Å². The number of rotatable bonds is 4. The fourth-order valence-electron chi connectivity index (χ4n) is 3.60. The smallest absolute Gasteiger partial charge is 0.260 e. The molecule has 0 aliphatic carbocycles. The number of carbonyl (C=O) groups excluding carboxylic acids is 1. The van der Waals surface area contributed by atoms with Gasteiger partial charge in [-0.15, -0.1) is 0 Å². The van der Waals surface area contributed by atoms with E-state index in [0.29, 0.717) is 31.7 Å². The SMILES string of the molecule is Cc1ccc2cc(C3(O)CCN(C(=O)COc4cccnc4)CC3)ccc2n1. The van der Waals surface area contributed by atoms with Crippen molar-refractivity contribution in [2.75, 3.05) is 19.7 Å². The van der Waals surface area contributed by atoms with Gasteiger partial charge in [-0.2, -0.15) is 0 Å². The Hall–Kier alpha value is -2.99. The molecule has 0 atom stereocenters. The Kier molecular flexibility index (Phi) is 4.96. The van der Waals surface area contributed by atoms with Crippen LogP contribution in [0.25, 0.3) is 10.9 Å². The van der Waals surface area contributed by atoms with Crippen molar-refractivity contribution >= 4 is 16.8 Å². The van der Waals surface area contributed by atoms with E-state index in [2.05, 4.69) is 9.97 Å². The topological polar surface area (TPSA) is 75.5 Å². The molecule has 0 unspecified atom stereocenters. The van der Waals surface area contributed by atoms with Crippen LogP contribution in [0.4, 0.5) is 0 Å². The predicted molar refractivity (Wildman–Crippen MR) is 106 cm³/mol. The number of aryl methyl sites for hydroxylation is 1. The molecule has 3 aromatic rings. The molecule has 144 valence electrons. The summed E-state index contributed by atoms with van der Waals surface area (Å²) in [6, 6.07) is 13.4. The highest BCUT2D eigenvalue weighted by Crippen LogP contribution is 2.34. The summed E-state index contributed by atoms with van der Waals surface area (Å²) in [4.78, 5) is 22.6. The van der Waals surface area contributed by atoms with Crippen LogP contribution in [0.15, 0.2) is 54.9 Å². The van der Waals surface area contributed by atoms with Gasteiger partial charge in [-0.3, -0.25) is 14.8 Å². The fourth-order valence-corrected chi connectivity index (χ4v) is 3.60. The average Bonchev–Trinajstić information content (AvgIpc) is 2.73. The van der Waals surface area contributed by atoms with Crippen molar-refractivity contribution in [2.45, 2.75) is 25.4 Å². The molecule has 1 saturated heterocycles. The first-order chi connectivity index (χ1) is 13.5. The van der Waals surface area contributed by atoms with Gasteiger partial charge < -0.3 is 14.7 Å². The highest BCUT2D eigenvalue weighted by molar-refractivity contribution is 5.80. The Morgan fingerprint density at radius 2 is 2.04 bits per heavy atom. The first-order valence-electron chi connectivity index (χ1n) is 9.44. The maximum Gasteiger partial charge on any atom is 0.260 e. The number of carbonyl (C=O) groups is 1. The second-order valence-corrected chi connectivity index (χ2v) is 7.25. The van der Waals surface area contributed by atoms with Gasteiger partial charge in [0.25, 0.3) is 5.91 Å². The Labute approximate surface area is 163 Å². The number of hydrogen-bond acceptors (Lipinski definition) is 5. The minimum atomic E-state index is -0.930. The van der Waals surface area contributed by atoms with E-state index in [1.165, 1.54) is 0 Å². The number of nitrogens with zero attached hydrogens (tertiary/aromatic N) is 3.